The summed E-state index contributed by atoms with van der Waals surface area (Å²) in [5.41, 5.74) is 0. The van der Waals surface area contributed by atoms with Crippen LogP contribution in [0.5, 0.6) is 0 Å². The van der Waals surface area contributed by atoms with Crippen LogP contribution in [-0.2, 0) is 14.3 Å². The van der Waals surface area contributed by atoms with E-state index in [0.717, 1.165) is 0 Å². The molecule has 0 saturated carbocycles. The van der Waals surface area contributed by atoms with Crippen molar-refractivity contribution < 1.29 is 24.5 Å². The number of ether oxygens (including phenoxy) is 1. The van der Waals surface area contributed by atoms with Gasteiger partial charge in [0, 0.05) is 26.6 Å². The van der Waals surface area contributed by atoms with Crippen LogP contribution < -0.4 is 5.32 Å². The number of hydrogen-bond acceptors (Lipinski definition) is 4. The quantitative estimate of drug-likeness (QED) is 0.494. The van der Waals surface area contributed by atoms with E-state index < -0.39 is 17.9 Å². The highest BCUT2D eigenvalue weighted by Crippen LogP contribution is 1.92. The number of carboxylic acid groups (broad SMARTS) is 1. The van der Waals surface area contributed by atoms with E-state index in [4.69, 9.17) is 10.2 Å². The summed E-state index contributed by atoms with van der Waals surface area (Å²) < 4.78 is 4.66. The van der Waals surface area contributed by atoms with Crippen molar-refractivity contribution >= 4 is 11.9 Å². The summed E-state index contributed by atoms with van der Waals surface area (Å²) >= 11 is 0. The maximum Gasteiger partial charge on any atom is 0.326 e. The van der Waals surface area contributed by atoms with Crippen molar-refractivity contribution in [3.05, 3.63) is 0 Å². The summed E-state index contributed by atoms with van der Waals surface area (Å²) in [5.74, 6) is -1.54. The van der Waals surface area contributed by atoms with Gasteiger partial charge in [-0.1, -0.05) is 0 Å². The lowest BCUT2D eigenvalue weighted by Crippen LogP contribution is -2.41. The number of carboxylic acids is 1. The number of aliphatic carboxylic acids is 1. The van der Waals surface area contributed by atoms with E-state index in [2.05, 4.69) is 10.1 Å². The van der Waals surface area contributed by atoms with Gasteiger partial charge >= 0.3 is 5.97 Å². The van der Waals surface area contributed by atoms with Gasteiger partial charge < -0.3 is 20.3 Å². The molecule has 0 aliphatic heterocycles. The molecule has 14 heavy (non-hydrogen) atoms. The molecular weight excluding hydrogens is 190 g/mol. The number of carbonyl (C=O) groups excluding carboxylic acids is 1. The van der Waals surface area contributed by atoms with Gasteiger partial charge in [-0.05, 0) is 0 Å². The molecule has 0 unspecified atom stereocenters. The Morgan fingerprint density at radius 1 is 1.50 bits per heavy atom. The van der Waals surface area contributed by atoms with Crippen molar-refractivity contribution in [1.29, 1.82) is 0 Å². The molecule has 0 saturated heterocycles. The molecule has 0 aromatic carbocycles. The molecule has 0 aliphatic carbocycles. The molecule has 0 fully saturated rings. The molecule has 0 aromatic rings. The van der Waals surface area contributed by atoms with Gasteiger partial charge in [0.05, 0.1) is 6.61 Å². The second-order valence-electron chi connectivity index (χ2n) is 2.71. The molecule has 0 rings (SSSR count). The Balaban J connectivity index is 3.90. The molecule has 6 heteroatoms. The van der Waals surface area contributed by atoms with Crippen LogP contribution in [0, 0.1) is 0 Å². The topological polar surface area (TPSA) is 95.9 Å². The van der Waals surface area contributed by atoms with Gasteiger partial charge in [0.15, 0.2) is 0 Å². The molecule has 0 aromatic heterocycles. The first kappa shape index (κ1) is 12.9. The van der Waals surface area contributed by atoms with E-state index in [1.54, 1.807) is 0 Å². The molecule has 3 N–H and O–H groups in total. The molecule has 0 bridgehead atoms. The summed E-state index contributed by atoms with van der Waals surface area (Å²) in [4.78, 5) is 21.6. The van der Waals surface area contributed by atoms with Crippen molar-refractivity contribution in [2.45, 2.75) is 18.9 Å². The van der Waals surface area contributed by atoms with Gasteiger partial charge in [-0.25, -0.2) is 4.79 Å². The van der Waals surface area contributed by atoms with Crippen molar-refractivity contribution in [2.75, 3.05) is 20.3 Å². The van der Waals surface area contributed by atoms with Crippen LogP contribution in [0.3, 0.4) is 0 Å². The zero-order chi connectivity index (χ0) is 11.0. The van der Waals surface area contributed by atoms with Gasteiger partial charge in [-0.3, -0.25) is 4.79 Å². The Morgan fingerprint density at radius 3 is 2.57 bits per heavy atom. The number of aliphatic hydroxyl groups is 1. The molecule has 82 valence electrons. The molecule has 0 aliphatic rings. The molecule has 0 radical (unpaired) electrons. The van der Waals surface area contributed by atoms with Crippen LogP contribution in [0.25, 0.3) is 0 Å². The lowest BCUT2D eigenvalue weighted by Gasteiger charge is -2.12. The highest BCUT2D eigenvalue weighted by molar-refractivity contribution is 5.83. The minimum atomic E-state index is -1.15. The number of rotatable bonds is 7. The van der Waals surface area contributed by atoms with Crippen LogP contribution in [0.2, 0.25) is 0 Å². The molecule has 1 atom stereocenters. The number of hydrogen-bond donors (Lipinski definition) is 3. The highest BCUT2D eigenvalue weighted by Gasteiger charge is 2.18. The minimum absolute atomic E-state index is 0.00799. The summed E-state index contributed by atoms with van der Waals surface area (Å²) in [7, 11) is 1.45. The van der Waals surface area contributed by atoms with E-state index >= 15 is 0 Å². The maximum absolute atomic E-state index is 11.1. The monoisotopic (exact) mass is 205 g/mol. The van der Waals surface area contributed by atoms with Crippen LogP contribution >= 0.6 is 0 Å². The molecule has 6 nitrogen and oxygen atoms in total. The lowest BCUT2D eigenvalue weighted by atomic mass is 10.2. The Kier molecular flexibility index (Phi) is 6.69. The molecular formula is C8H15NO5. The van der Waals surface area contributed by atoms with E-state index in [-0.39, 0.29) is 26.1 Å². The molecule has 0 spiro atoms. The van der Waals surface area contributed by atoms with Crippen molar-refractivity contribution in [3.8, 4) is 0 Å². The van der Waals surface area contributed by atoms with Crippen LogP contribution in [0.1, 0.15) is 12.8 Å². The van der Waals surface area contributed by atoms with Gasteiger partial charge in [0.1, 0.15) is 6.04 Å². The second kappa shape index (κ2) is 7.28. The SMILES string of the molecule is COCCC(=O)N[C@H](CCO)C(=O)O. The predicted molar refractivity (Wildman–Crippen MR) is 47.8 cm³/mol. The van der Waals surface area contributed by atoms with Crippen LogP contribution in [-0.4, -0.2) is 48.5 Å². The predicted octanol–water partition coefficient (Wildman–Crippen LogP) is -1.03. The number of methoxy groups -OCH3 is 1. The zero-order valence-electron chi connectivity index (χ0n) is 8.02. The number of nitrogens with one attached hydrogen (secondary N) is 1. The Bertz CT molecular complexity index is 194. The lowest BCUT2D eigenvalue weighted by molar-refractivity contribution is -0.142. The van der Waals surface area contributed by atoms with Crippen molar-refractivity contribution in [2.24, 2.45) is 0 Å². The standard InChI is InChI=1S/C8H15NO5/c1-14-5-3-7(11)9-6(2-4-10)8(12)13/h6,10H,2-5H2,1H3,(H,9,11)(H,12,13)/t6-/m1/s1. The fraction of sp³-hybridized carbons (Fsp3) is 0.750. The number of aliphatic hydroxyl groups excluding tert-OH is 1. The largest absolute Gasteiger partial charge is 0.480 e. The fourth-order valence-corrected chi connectivity index (χ4v) is 0.848. The first-order valence-corrected chi connectivity index (χ1v) is 4.23. The average Bonchev–Trinajstić information content (AvgIpc) is 2.14. The maximum atomic E-state index is 11.1. The van der Waals surface area contributed by atoms with E-state index in [9.17, 15) is 9.59 Å². The summed E-state index contributed by atoms with van der Waals surface area (Å²) in [6, 6.07) is -1.02. The van der Waals surface area contributed by atoms with Gasteiger partial charge in [-0.2, -0.15) is 0 Å². The third-order valence-electron chi connectivity index (χ3n) is 1.58. The minimum Gasteiger partial charge on any atom is -0.480 e. The molecule has 0 heterocycles. The Hall–Kier alpha value is -1.14. The van der Waals surface area contributed by atoms with Gasteiger partial charge in [0.2, 0.25) is 5.91 Å². The average molecular weight is 205 g/mol. The van der Waals surface area contributed by atoms with E-state index in [1.165, 1.54) is 7.11 Å². The van der Waals surface area contributed by atoms with Crippen LogP contribution in [0.15, 0.2) is 0 Å². The van der Waals surface area contributed by atoms with Crippen molar-refractivity contribution in [3.63, 3.8) is 0 Å². The number of carbonyl (C=O) groups is 2. The fourth-order valence-electron chi connectivity index (χ4n) is 0.848. The third-order valence-corrected chi connectivity index (χ3v) is 1.58. The van der Waals surface area contributed by atoms with Crippen molar-refractivity contribution in [1.82, 2.24) is 5.32 Å². The van der Waals surface area contributed by atoms with E-state index in [0.29, 0.717) is 0 Å². The third kappa shape index (κ3) is 5.50. The summed E-state index contributed by atoms with van der Waals surface area (Å²) in [6.45, 7) is -0.0289. The Labute approximate surface area is 81.9 Å². The number of amides is 1. The summed E-state index contributed by atoms with van der Waals surface area (Å²) in [6.07, 6.45) is 0.125. The molecule has 1 amide bonds. The van der Waals surface area contributed by atoms with Gasteiger partial charge in [-0.15, -0.1) is 0 Å². The first-order chi connectivity index (χ1) is 6.61. The van der Waals surface area contributed by atoms with E-state index in [1.807, 2.05) is 0 Å². The zero-order valence-corrected chi connectivity index (χ0v) is 8.02. The first-order valence-electron chi connectivity index (χ1n) is 4.23. The Morgan fingerprint density at radius 2 is 2.14 bits per heavy atom. The second-order valence-corrected chi connectivity index (χ2v) is 2.71. The normalized spacial score (nSPS) is 12.1. The smallest absolute Gasteiger partial charge is 0.326 e. The van der Waals surface area contributed by atoms with Crippen LogP contribution in [0.4, 0.5) is 0 Å². The van der Waals surface area contributed by atoms with Gasteiger partial charge in [0.25, 0.3) is 0 Å². The summed E-state index contributed by atoms with van der Waals surface area (Å²) in [5, 5.41) is 19.4. The highest BCUT2D eigenvalue weighted by atomic mass is 16.5.